The number of rotatable bonds is 6. The van der Waals surface area contributed by atoms with E-state index in [0.29, 0.717) is 12.5 Å². The second-order valence-corrected chi connectivity index (χ2v) is 7.01. The van der Waals surface area contributed by atoms with Gasteiger partial charge in [0, 0.05) is 16.9 Å². The van der Waals surface area contributed by atoms with Crippen molar-refractivity contribution < 1.29 is 0 Å². The van der Waals surface area contributed by atoms with Crippen LogP contribution in [0.3, 0.4) is 0 Å². The second-order valence-electron chi connectivity index (χ2n) is 5.93. The molecule has 0 saturated carbocycles. The number of hydrogen-bond donors (Lipinski definition) is 1. The predicted molar refractivity (Wildman–Crippen MR) is 112 cm³/mol. The molecule has 0 amide bonds. The minimum absolute atomic E-state index is 0.393. The summed E-state index contributed by atoms with van der Waals surface area (Å²) in [6.45, 7) is 0.577. The highest BCUT2D eigenvalue weighted by molar-refractivity contribution is 14.1. The average Bonchev–Trinajstić information content (AvgIpc) is 2.67. The average molecular weight is 427 g/mol. The Bertz CT molecular complexity index is 768. The van der Waals surface area contributed by atoms with Crippen LogP contribution in [0.1, 0.15) is 29.0 Å². The van der Waals surface area contributed by atoms with E-state index >= 15 is 0 Å². The van der Waals surface area contributed by atoms with E-state index in [1.807, 2.05) is 0 Å². The molecule has 0 saturated heterocycles. The molecule has 0 radical (unpaired) electrons. The van der Waals surface area contributed by atoms with E-state index in [1.54, 1.807) is 0 Å². The molecule has 0 aliphatic carbocycles. The van der Waals surface area contributed by atoms with E-state index in [2.05, 4.69) is 101 Å². The first-order chi connectivity index (χ1) is 11.8. The Labute approximate surface area is 158 Å². The van der Waals surface area contributed by atoms with Crippen molar-refractivity contribution in [3.05, 3.63) is 95.6 Å². The lowest BCUT2D eigenvalue weighted by Crippen LogP contribution is -2.06. The van der Waals surface area contributed by atoms with Crippen LogP contribution in [0.5, 0.6) is 0 Å². The van der Waals surface area contributed by atoms with Crippen molar-refractivity contribution in [2.45, 2.75) is 18.9 Å². The van der Waals surface area contributed by atoms with Gasteiger partial charge in [0.25, 0.3) is 0 Å². The minimum Gasteiger partial charge on any atom is -0.326 e. The van der Waals surface area contributed by atoms with Gasteiger partial charge in [0.2, 0.25) is 0 Å². The summed E-state index contributed by atoms with van der Waals surface area (Å²) in [5.41, 5.74) is 12.4. The van der Waals surface area contributed by atoms with Gasteiger partial charge in [-0.3, -0.25) is 0 Å². The maximum absolute atomic E-state index is 5.92. The van der Waals surface area contributed by atoms with Crippen molar-refractivity contribution in [3.63, 3.8) is 0 Å². The standard InChI is InChI=1S/C22H22IN/c23-14-13-21(19-9-5-2-6-10-19)22-15-17(16-24)11-12-20(22)18-7-3-1-4-8-18/h1-12,15,21H,13-14,16,24H2. The molecule has 0 heterocycles. The summed E-state index contributed by atoms with van der Waals surface area (Å²) in [7, 11) is 0. The van der Waals surface area contributed by atoms with Crippen molar-refractivity contribution in [2.24, 2.45) is 5.73 Å². The van der Waals surface area contributed by atoms with Gasteiger partial charge in [-0.25, -0.2) is 0 Å². The normalized spacial score (nSPS) is 12.1. The highest BCUT2D eigenvalue weighted by Gasteiger charge is 2.18. The highest BCUT2D eigenvalue weighted by Crippen LogP contribution is 2.36. The molecule has 0 aliphatic rings. The van der Waals surface area contributed by atoms with Gasteiger partial charge in [-0.15, -0.1) is 0 Å². The SMILES string of the molecule is NCc1ccc(-c2ccccc2)c(C(CCI)c2ccccc2)c1. The van der Waals surface area contributed by atoms with Gasteiger partial charge in [-0.1, -0.05) is 101 Å². The molecule has 0 aliphatic heterocycles. The molecule has 0 fully saturated rings. The fourth-order valence-electron chi connectivity index (χ4n) is 3.20. The zero-order chi connectivity index (χ0) is 16.8. The molecule has 0 bridgehead atoms. The molecule has 0 spiro atoms. The van der Waals surface area contributed by atoms with Gasteiger partial charge >= 0.3 is 0 Å². The lowest BCUT2D eigenvalue weighted by molar-refractivity contribution is 0.792. The highest BCUT2D eigenvalue weighted by atomic mass is 127. The molecule has 1 atom stereocenters. The van der Waals surface area contributed by atoms with Crippen LogP contribution in [-0.4, -0.2) is 4.43 Å². The van der Waals surface area contributed by atoms with Crippen molar-refractivity contribution in [1.82, 2.24) is 0 Å². The fourth-order valence-corrected chi connectivity index (χ4v) is 3.83. The van der Waals surface area contributed by atoms with Crippen LogP contribution in [0, 0.1) is 0 Å². The third kappa shape index (κ3) is 3.87. The number of halogens is 1. The number of benzene rings is 3. The lowest BCUT2D eigenvalue weighted by atomic mass is 9.83. The van der Waals surface area contributed by atoms with Crippen molar-refractivity contribution in [1.29, 1.82) is 0 Å². The zero-order valence-electron chi connectivity index (χ0n) is 13.7. The Hall–Kier alpha value is -1.65. The largest absolute Gasteiger partial charge is 0.326 e. The lowest BCUT2D eigenvalue weighted by Gasteiger charge is -2.22. The Kier molecular flexibility index (Phi) is 6.05. The van der Waals surface area contributed by atoms with Gasteiger partial charge in [-0.05, 0) is 34.2 Å². The fraction of sp³-hybridized carbons (Fsp3) is 0.182. The van der Waals surface area contributed by atoms with Crippen LogP contribution in [0.4, 0.5) is 0 Å². The van der Waals surface area contributed by atoms with E-state index in [1.165, 1.54) is 27.8 Å². The second kappa shape index (κ2) is 8.45. The summed E-state index contributed by atoms with van der Waals surface area (Å²) >= 11 is 2.48. The van der Waals surface area contributed by atoms with Crippen LogP contribution in [-0.2, 0) is 6.54 Å². The van der Waals surface area contributed by atoms with Crippen LogP contribution < -0.4 is 5.73 Å². The van der Waals surface area contributed by atoms with Crippen molar-refractivity contribution in [3.8, 4) is 11.1 Å². The third-order valence-corrected chi connectivity index (χ3v) is 5.03. The van der Waals surface area contributed by atoms with E-state index in [0.717, 1.165) is 10.8 Å². The number of hydrogen-bond acceptors (Lipinski definition) is 1. The summed E-state index contributed by atoms with van der Waals surface area (Å²) in [6.07, 6.45) is 1.12. The quantitative estimate of drug-likeness (QED) is 0.392. The van der Waals surface area contributed by atoms with E-state index in [9.17, 15) is 0 Å². The Morgan fingerprint density at radius 3 is 2.12 bits per heavy atom. The van der Waals surface area contributed by atoms with Gasteiger partial charge in [0.1, 0.15) is 0 Å². The van der Waals surface area contributed by atoms with Gasteiger partial charge in [0.15, 0.2) is 0 Å². The molecule has 1 nitrogen and oxygen atoms in total. The molecule has 1 unspecified atom stereocenters. The first-order valence-corrected chi connectivity index (χ1v) is 9.85. The van der Waals surface area contributed by atoms with Gasteiger partial charge in [0.05, 0.1) is 0 Å². The molecular weight excluding hydrogens is 405 g/mol. The van der Waals surface area contributed by atoms with Crippen LogP contribution >= 0.6 is 22.6 Å². The van der Waals surface area contributed by atoms with Crippen LogP contribution in [0.15, 0.2) is 78.9 Å². The smallest absolute Gasteiger partial charge is 0.0178 e. The van der Waals surface area contributed by atoms with Crippen LogP contribution in [0.25, 0.3) is 11.1 Å². The third-order valence-electron chi connectivity index (χ3n) is 4.41. The maximum Gasteiger partial charge on any atom is 0.0178 e. The first-order valence-electron chi connectivity index (χ1n) is 8.32. The molecule has 24 heavy (non-hydrogen) atoms. The minimum atomic E-state index is 0.393. The van der Waals surface area contributed by atoms with Gasteiger partial charge in [-0.2, -0.15) is 0 Å². The topological polar surface area (TPSA) is 26.0 Å². The number of nitrogens with two attached hydrogens (primary N) is 1. The predicted octanol–water partition coefficient (Wildman–Crippen LogP) is 5.77. The summed E-state index contributed by atoms with van der Waals surface area (Å²) in [5, 5.41) is 0. The molecule has 2 N–H and O–H groups in total. The molecule has 3 aromatic rings. The number of alkyl halides is 1. The molecule has 2 heteroatoms. The van der Waals surface area contributed by atoms with Crippen molar-refractivity contribution in [2.75, 3.05) is 4.43 Å². The molecule has 3 rings (SSSR count). The van der Waals surface area contributed by atoms with Gasteiger partial charge < -0.3 is 5.73 Å². The summed E-state index contributed by atoms with van der Waals surface area (Å²) < 4.78 is 1.12. The van der Waals surface area contributed by atoms with E-state index in [-0.39, 0.29) is 0 Å². The van der Waals surface area contributed by atoms with E-state index in [4.69, 9.17) is 5.73 Å². The monoisotopic (exact) mass is 427 g/mol. The first kappa shape index (κ1) is 17.2. The molecule has 122 valence electrons. The Morgan fingerprint density at radius 1 is 0.833 bits per heavy atom. The molecule has 3 aromatic carbocycles. The molecular formula is C22H22IN. The summed E-state index contributed by atoms with van der Waals surface area (Å²) in [5.74, 6) is 0.393. The summed E-state index contributed by atoms with van der Waals surface area (Å²) in [6, 6.07) is 28.1. The maximum atomic E-state index is 5.92. The Morgan fingerprint density at radius 2 is 1.50 bits per heavy atom. The van der Waals surface area contributed by atoms with E-state index < -0.39 is 0 Å². The van der Waals surface area contributed by atoms with Crippen LogP contribution in [0.2, 0.25) is 0 Å². The summed E-state index contributed by atoms with van der Waals surface area (Å²) in [4.78, 5) is 0. The van der Waals surface area contributed by atoms with Crippen molar-refractivity contribution >= 4 is 22.6 Å². The zero-order valence-corrected chi connectivity index (χ0v) is 15.8. The molecule has 0 aromatic heterocycles. The Balaban J connectivity index is 2.15.